The van der Waals surface area contributed by atoms with Crippen LogP contribution in [0.4, 0.5) is 5.69 Å². The third-order valence-corrected chi connectivity index (χ3v) is 7.72. The molecule has 1 saturated carbocycles. The van der Waals surface area contributed by atoms with E-state index in [4.69, 9.17) is 4.98 Å². The van der Waals surface area contributed by atoms with Crippen LogP contribution in [0.25, 0.3) is 28.1 Å². The molecule has 0 bridgehead atoms. The Morgan fingerprint density at radius 3 is 2.56 bits per heavy atom. The van der Waals surface area contributed by atoms with E-state index in [-0.39, 0.29) is 11.7 Å². The maximum Gasteiger partial charge on any atom is 0.169 e. The molecule has 3 aliphatic rings. The van der Waals surface area contributed by atoms with Crippen LogP contribution in [0.15, 0.2) is 48.7 Å². The number of aromatic nitrogens is 1. The molecule has 0 atom stereocenters. The van der Waals surface area contributed by atoms with Crippen LogP contribution in [0.5, 0.6) is 0 Å². The quantitative estimate of drug-likeness (QED) is 0.441. The van der Waals surface area contributed by atoms with Gasteiger partial charge in [-0.15, -0.1) is 0 Å². The Morgan fingerprint density at radius 2 is 1.79 bits per heavy atom. The van der Waals surface area contributed by atoms with E-state index >= 15 is 0 Å². The van der Waals surface area contributed by atoms with Crippen molar-refractivity contribution in [3.63, 3.8) is 0 Å². The van der Waals surface area contributed by atoms with Gasteiger partial charge in [-0.1, -0.05) is 30.4 Å². The van der Waals surface area contributed by atoms with Crippen molar-refractivity contribution in [1.82, 2.24) is 9.88 Å². The molecule has 3 aromatic rings. The molecule has 1 aromatic heterocycles. The molecule has 2 heterocycles. The molecule has 1 aliphatic heterocycles. The Hall–Kier alpha value is -2.98. The number of ketones is 1. The number of Topliss-reactive ketones (excluding diaryl/α,β-unsaturated/α-hetero) is 1. The van der Waals surface area contributed by atoms with Crippen LogP contribution in [-0.4, -0.2) is 49.4 Å². The summed E-state index contributed by atoms with van der Waals surface area (Å²) in [5, 5.41) is 1.12. The molecule has 0 spiro atoms. The van der Waals surface area contributed by atoms with Crippen molar-refractivity contribution in [3.8, 4) is 11.1 Å². The van der Waals surface area contributed by atoms with Crippen molar-refractivity contribution in [1.29, 1.82) is 0 Å². The number of carbonyl (C=O) groups is 1. The van der Waals surface area contributed by atoms with Crippen molar-refractivity contribution in [2.75, 3.05) is 38.6 Å². The van der Waals surface area contributed by atoms with Crippen LogP contribution in [0.2, 0.25) is 0 Å². The summed E-state index contributed by atoms with van der Waals surface area (Å²) < 4.78 is 0. The van der Waals surface area contributed by atoms with E-state index in [2.05, 4.69) is 72.4 Å². The number of pyridine rings is 1. The zero-order valence-corrected chi connectivity index (χ0v) is 20.3. The average molecular weight is 452 g/mol. The molecular formula is C30H33N3O. The van der Waals surface area contributed by atoms with E-state index in [9.17, 15) is 4.79 Å². The molecule has 2 aromatic carbocycles. The monoisotopic (exact) mass is 451 g/mol. The lowest BCUT2D eigenvalue weighted by atomic mass is 9.93. The SMILES string of the molecule is CN(C)CC1CCN(c2c(C(=O)C3CC3)cnc3ccc(-c4ccc5c(c4)C=CC5)cc23)CC1. The molecule has 1 saturated heterocycles. The molecule has 2 aliphatic carbocycles. The summed E-state index contributed by atoms with van der Waals surface area (Å²) in [6.07, 6.45) is 11.7. The smallest absolute Gasteiger partial charge is 0.169 e. The summed E-state index contributed by atoms with van der Waals surface area (Å²) in [7, 11) is 4.32. The van der Waals surface area contributed by atoms with Crippen molar-refractivity contribution in [3.05, 3.63) is 65.4 Å². The van der Waals surface area contributed by atoms with E-state index in [0.29, 0.717) is 0 Å². The highest BCUT2D eigenvalue weighted by Crippen LogP contribution is 2.40. The van der Waals surface area contributed by atoms with Gasteiger partial charge < -0.3 is 9.80 Å². The molecule has 4 nitrogen and oxygen atoms in total. The van der Waals surface area contributed by atoms with Gasteiger partial charge in [0.15, 0.2) is 5.78 Å². The van der Waals surface area contributed by atoms with Crippen LogP contribution in [0.3, 0.4) is 0 Å². The average Bonchev–Trinajstić information content (AvgIpc) is 3.59. The first-order valence-corrected chi connectivity index (χ1v) is 12.7. The van der Waals surface area contributed by atoms with Gasteiger partial charge in [-0.05, 0) is 92.6 Å². The molecule has 2 fully saturated rings. The van der Waals surface area contributed by atoms with Gasteiger partial charge in [-0.25, -0.2) is 0 Å². The molecule has 34 heavy (non-hydrogen) atoms. The third-order valence-electron chi connectivity index (χ3n) is 7.72. The van der Waals surface area contributed by atoms with Crippen molar-refractivity contribution in [2.24, 2.45) is 11.8 Å². The summed E-state index contributed by atoms with van der Waals surface area (Å²) in [6, 6.07) is 13.3. The van der Waals surface area contributed by atoms with Crippen LogP contribution in [-0.2, 0) is 6.42 Å². The number of allylic oxidation sites excluding steroid dienone is 1. The number of hydrogen-bond acceptors (Lipinski definition) is 4. The first-order valence-electron chi connectivity index (χ1n) is 12.7. The maximum atomic E-state index is 13.3. The Bertz CT molecular complexity index is 1280. The number of benzene rings is 2. The molecule has 0 N–H and O–H groups in total. The second-order valence-electron chi connectivity index (χ2n) is 10.6. The predicted molar refractivity (Wildman–Crippen MR) is 140 cm³/mol. The fourth-order valence-electron chi connectivity index (χ4n) is 5.73. The van der Waals surface area contributed by atoms with E-state index in [1.54, 1.807) is 0 Å². The number of piperidine rings is 1. The predicted octanol–water partition coefficient (Wildman–Crippen LogP) is 5.84. The van der Waals surface area contributed by atoms with E-state index in [1.165, 1.54) is 22.3 Å². The van der Waals surface area contributed by atoms with Gasteiger partial charge in [0.1, 0.15) is 0 Å². The summed E-state index contributed by atoms with van der Waals surface area (Å²) in [5.41, 5.74) is 8.05. The lowest BCUT2D eigenvalue weighted by molar-refractivity contribution is 0.0968. The standard InChI is InChI=1S/C30H33N3O/c1-32(2)19-20-12-14-33(15-13-20)29-26-17-25(24-9-6-21-4-3-5-23(21)16-24)10-11-28(26)31-18-27(29)30(34)22-7-8-22/h3,5-6,9-11,16-18,20,22H,4,7-8,12-15,19H2,1-2H3. The zero-order chi connectivity index (χ0) is 23.2. The minimum Gasteiger partial charge on any atom is -0.370 e. The van der Waals surface area contributed by atoms with E-state index in [1.807, 2.05) is 6.20 Å². The summed E-state index contributed by atoms with van der Waals surface area (Å²) in [5.74, 6) is 1.20. The molecular weight excluding hydrogens is 418 g/mol. The number of fused-ring (bicyclic) bond motifs is 2. The highest BCUT2D eigenvalue weighted by atomic mass is 16.1. The normalized spacial score (nSPS) is 18.1. The first-order chi connectivity index (χ1) is 16.6. The summed E-state index contributed by atoms with van der Waals surface area (Å²) in [6.45, 7) is 3.13. The number of hydrogen-bond donors (Lipinski definition) is 0. The number of carbonyl (C=O) groups excluding carboxylic acids is 1. The second kappa shape index (κ2) is 8.66. The lowest BCUT2D eigenvalue weighted by Crippen LogP contribution is -2.38. The van der Waals surface area contributed by atoms with Crippen molar-refractivity contribution >= 4 is 28.4 Å². The third kappa shape index (κ3) is 4.05. The van der Waals surface area contributed by atoms with Crippen LogP contribution in [0.1, 0.15) is 47.2 Å². The van der Waals surface area contributed by atoms with Crippen LogP contribution in [0, 0.1) is 11.8 Å². The molecule has 174 valence electrons. The largest absolute Gasteiger partial charge is 0.370 e. The van der Waals surface area contributed by atoms with Gasteiger partial charge in [0.25, 0.3) is 0 Å². The highest BCUT2D eigenvalue weighted by molar-refractivity contribution is 6.10. The van der Waals surface area contributed by atoms with E-state index in [0.717, 1.165) is 79.8 Å². The Labute approximate surface area is 202 Å². The molecule has 0 unspecified atom stereocenters. The Morgan fingerprint density at radius 1 is 1.03 bits per heavy atom. The minimum absolute atomic E-state index is 0.191. The fourth-order valence-corrected chi connectivity index (χ4v) is 5.73. The number of nitrogens with zero attached hydrogens (tertiary/aromatic N) is 3. The van der Waals surface area contributed by atoms with Gasteiger partial charge in [-0.3, -0.25) is 9.78 Å². The topological polar surface area (TPSA) is 36.4 Å². The van der Waals surface area contributed by atoms with Gasteiger partial charge >= 0.3 is 0 Å². The Kier molecular flexibility index (Phi) is 5.49. The zero-order valence-electron chi connectivity index (χ0n) is 20.3. The van der Waals surface area contributed by atoms with Crippen LogP contribution < -0.4 is 4.90 Å². The first kappa shape index (κ1) is 21.5. The van der Waals surface area contributed by atoms with Gasteiger partial charge in [0, 0.05) is 37.1 Å². The van der Waals surface area contributed by atoms with Gasteiger partial charge in [-0.2, -0.15) is 0 Å². The molecule has 0 amide bonds. The van der Waals surface area contributed by atoms with E-state index < -0.39 is 0 Å². The van der Waals surface area contributed by atoms with Gasteiger partial charge in [0.2, 0.25) is 0 Å². The van der Waals surface area contributed by atoms with Crippen molar-refractivity contribution < 1.29 is 4.79 Å². The molecule has 4 heteroatoms. The van der Waals surface area contributed by atoms with Crippen LogP contribution >= 0.6 is 0 Å². The molecule has 0 radical (unpaired) electrons. The number of rotatable bonds is 6. The maximum absolute atomic E-state index is 13.3. The lowest BCUT2D eigenvalue weighted by Gasteiger charge is -2.36. The summed E-state index contributed by atoms with van der Waals surface area (Å²) in [4.78, 5) is 22.8. The van der Waals surface area contributed by atoms with Crippen molar-refractivity contribution in [2.45, 2.75) is 32.1 Å². The Balaban J connectivity index is 1.42. The second-order valence-corrected chi connectivity index (χ2v) is 10.6. The van der Waals surface area contributed by atoms with Gasteiger partial charge in [0.05, 0.1) is 16.8 Å². The molecule has 6 rings (SSSR count). The number of anilines is 1. The fraction of sp³-hybridized carbons (Fsp3) is 0.400. The minimum atomic E-state index is 0.191. The summed E-state index contributed by atoms with van der Waals surface area (Å²) >= 11 is 0. The highest BCUT2D eigenvalue weighted by Gasteiger charge is 2.34.